The maximum absolute atomic E-state index is 11.1. The monoisotopic (exact) mass is 391 g/mol. The van der Waals surface area contributed by atoms with Crippen LogP contribution in [0.25, 0.3) is 0 Å². The smallest absolute Gasteiger partial charge is 0.462 e. The second-order valence-electron chi connectivity index (χ2n) is 5.52. The molecule has 0 N–H and O–H groups in total. The SMILES string of the molecule is C=C(C)C(=O)OCCC[Si](OC)(OC)OC.C=CC(=O)OC(C)N(C)C. The number of carbonyl (C=O) groups is 2. The molecule has 0 aromatic carbocycles. The van der Waals surface area contributed by atoms with Crippen molar-refractivity contribution in [2.24, 2.45) is 0 Å². The first-order valence-corrected chi connectivity index (χ1v) is 9.99. The van der Waals surface area contributed by atoms with Crippen molar-refractivity contribution in [1.29, 1.82) is 0 Å². The molecule has 0 aliphatic heterocycles. The molecular weight excluding hydrogens is 358 g/mol. The van der Waals surface area contributed by atoms with Crippen LogP contribution in [0.2, 0.25) is 6.04 Å². The van der Waals surface area contributed by atoms with E-state index in [1.807, 2.05) is 14.1 Å². The zero-order valence-electron chi connectivity index (χ0n) is 17.0. The number of hydrogen-bond acceptors (Lipinski definition) is 8. The van der Waals surface area contributed by atoms with Crippen LogP contribution in [0.1, 0.15) is 20.3 Å². The summed E-state index contributed by atoms with van der Waals surface area (Å²) in [5, 5.41) is 0. The van der Waals surface area contributed by atoms with Crippen molar-refractivity contribution in [3.05, 3.63) is 24.8 Å². The van der Waals surface area contributed by atoms with Gasteiger partial charge in [-0.3, -0.25) is 4.90 Å². The van der Waals surface area contributed by atoms with Gasteiger partial charge >= 0.3 is 20.7 Å². The van der Waals surface area contributed by atoms with Crippen LogP contribution in [0, 0.1) is 0 Å². The van der Waals surface area contributed by atoms with Crippen LogP contribution in [0.15, 0.2) is 24.8 Å². The van der Waals surface area contributed by atoms with E-state index in [-0.39, 0.29) is 18.2 Å². The molecular formula is C17H33NO7Si. The van der Waals surface area contributed by atoms with E-state index in [1.54, 1.807) is 40.1 Å². The molecule has 8 nitrogen and oxygen atoms in total. The van der Waals surface area contributed by atoms with Gasteiger partial charge in [0.1, 0.15) is 0 Å². The standard InChI is InChI=1S/C10H20O5Si.C7H13NO2/c1-9(2)10(11)15-7-6-8-16(12-3,13-4)14-5;1-5-7(9)10-6(2)8(3)4/h1,6-8H2,2-5H3;5-6H,1H2,2-4H3. The van der Waals surface area contributed by atoms with E-state index in [9.17, 15) is 9.59 Å². The van der Waals surface area contributed by atoms with Gasteiger partial charge in [0.05, 0.1) is 6.61 Å². The Morgan fingerprint density at radius 1 is 1.15 bits per heavy atom. The first kappa shape index (κ1) is 26.7. The Morgan fingerprint density at radius 2 is 1.65 bits per heavy atom. The van der Waals surface area contributed by atoms with Crippen molar-refractivity contribution in [2.45, 2.75) is 32.5 Å². The molecule has 9 heteroatoms. The molecule has 0 bridgehead atoms. The Kier molecular flexibility index (Phi) is 15.0. The molecule has 0 aromatic rings. The summed E-state index contributed by atoms with van der Waals surface area (Å²) < 4.78 is 25.5. The molecule has 0 saturated heterocycles. The van der Waals surface area contributed by atoms with Crippen LogP contribution in [0.3, 0.4) is 0 Å². The van der Waals surface area contributed by atoms with E-state index < -0.39 is 8.80 Å². The first-order chi connectivity index (χ1) is 12.1. The minimum absolute atomic E-state index is 0.189. The molecule has 0 fully saturated rings. The lowest BCUT2D eigenvalue weighted by Gasteiger charge is -2.24. The van der Waals surface area contributed by atoms with E-state index in [0.717, 1.165) is 6.08 Å². The minimum atomic E-state index is -2.53. The summed E-state index contributed by atoms with van der Waals surface area (Å²) in [6.45, 7) is 10.5. The molecule has 1 unspecified atom stereocenters. The Morgan fingerprint density at radius 3 is 2.00 bits per heavy atom. The van der Waals surface area contributed by atoms with E-state index in [4.69, 9.17) is 22.8 Å². The number of rotatable bonds is 11. The molecule has 0 radical (unpaired) electrons. The fourth-order valence-corrected chi connectivity index (χ4v) is 3.14. The Bertz CT molecular complexity index is 442. The molecule has 0 saturated carbocycles. The van der Waals surface area contributed by atoms with Crippen molar-refractivity contribution in [1.82, 2.24) is 4.90 Å². The lowest BCUT2D eigenvalue weighted by molar-refractivity contribution is -0.149. The maximum Gasteiger partial charge on any atom is 0.500 e. The number of nitrogens with zero attached hydrogens (tertiary/aromatic N) is 1. The Hall–Kier alpha value is -1.52. The molecule has 0 aliphatic carbocycles. The van der Waals surface area contributed by atoms with Crippen LogP contribution < -0.4 is 0 Å². The van der Waals surface area contributed by atoms with E-state index >= 15 is 0 Å². The predicted octanol–water partition coefficient (Wildman–Crippen LogP) is 2.00. The molecule has 0 amide bonds. The van der Waals surface area contributed by atoms with Gasteiger partial charge in [-0.15, -0.1) is 0 Å². The fraction of sp³-hybridized carbons (Fsp3) is 0.647. The van der Waals surface area contributed by atoms with Crippen LogP contribution >= 0.6 is 0 Å². The second-order valence-corrected chi connectivity index (χ2v) is 8.61. The highest BCUT2D eigenvalue weighted by Gasteiger charge is 2.36. The Labute approximate surface area is 158 Å². The van der Waals surface area contributed by atoms with Gasteiger partial charge in [0.15, 0.2) is 6.23 Å². The van der Waals surface area contributed by atoms with Gasteiger partial charge in [0, 0.05) is 39.0 Å². The minimum Gasteiger partial charge on any atom is -0.462 e. The normalized spacial score (nSPS) is 11.8. The van der Waals surface area contributed by atoms with E-state index in [0.29, 0.717) is 24.6 Å². The van der Waals surface area contributed by atoms with E-state index in [1.165, 1.54) is 0 Å². The summed E-state index contributed by atoms with van der Waals surface area (Å²) in [6.07, 6.45) is 1.60. The van der Waals surface area contributed by atoms with Crippen molar-refractivity contribution < 1.29 is 32.3 Å². The van der Waals surface area contributed by atoms with Crippen molar-refractivity contribution in [3.8, 4) is 0 Å². The molecule has 152 valence electrons. The van der Waals surface area contributed by atoms with Gasteiger partial charge in [-0.1, -0.05) is 13.2 Å². The van der Waals surface area contributed by atoms with Gasteiger partial charge in [-0.2, -0.15) is 0 Å². The highest BCUT2D eigenvalue weighted by Crippen LogP contribution is 2.14. The van der Waals surface area contributed by atoms with Gasteiger partial charge in [0.2, 0.25) is 0 Å². The third-order valence-electron chi connectivity index (χ3n) is 3.32. The van der Waals surface area contributed by atoms with Gasteiger partial charge < -0.3 is 22.8 Å². The third kappa shape index (κ3) is 11.9. The number of ether oxygens (including phenoxy) is 2. The lowest BCUT2D eigenvalue weighted by Crippen LogP contribution is -2.42. The maximum atomic E-state index is 11.1. The topological polar surface area (TPSA) is 83.5 Å². The Balaban J connectivity index is 0. The molecule has 0 aromatic heterocycles. The molecule has 0 rings (SSSR count). The molecule has 1 atom stereocenters. The summed E-state index contributed by atoms with van der Waals surface area (Å²) >= 11 is 0. The zero-order valence-corrected chi connectivity index (χ0v) is 18.0. The van der Waals surface area contributed by atoms with Crippen molar-refractivity contribution in [3.63, 3.8) is 0 Å². The van der Waals surface area contributed by atoms with Crippen LogP contribution in [-0.4, -0.2) is 73.9 Å². The highest BCUT2D eigenvalue weighted by molar-refractivity contribution is 6.60. The van der Waals surface area contributed by atoms with Gasteiger partial charge in [-0.05, 0) is 34.4 Å². The quantitative estimate of drug-likeness (QED) is 0.174. The summed E-state index contributed by atoms with van der Waals surface area (Å²) in [5.41, 5.74) is 0.397. The summed E-state index contributed by atoms with van der Waals surface area (Å²) in [7, 11) is 5.80. The van der Waals surface area contributed by atoms with Crippen molar-refractivity contribution >= 4 is 20.7 Å². The average molecular weight is 392 g/mol. The molecule has 0 heterocycles. The van der Waals surface area contributed by atoms with Gasteiger partial charge in [-0.25, -0.2) is 9.59 Å². The van der Waals surface area contributed by atoms with Crippen LogP contribution in [0.4, 0.5) is 0 Å². The fourth-order valence-electron chi connectivity index (χ4n) is 1.45. The van der Waals surface area contributed by atoms with Gasteiger partial charge in [0.25, 0.3) is 0 Å². The lowest BCUT2D eigenvalue weighted by atomic mass is 10.4. The molecule has 0 aliphatic rings. The predicted molar refractivity (Wildman–Crippen MR) is 101 cm³/mol. The number of esters is 2. The second kappa shape index (κ2) is 14.6. The van der Waals surface area contributed by atoms with Crippen LogP contribution in [-0.2, 0) is 32.3 Å². The van der Waals surface area contributed by atoms with E-state index in [2.05, 4.69) is 13.2 Å². The zero-order chi connectivity index (χ0) is 20.8. The largest absolute Gasteiger partial charge is 0.500 e. The highest BCUT2D eigenvalue weighted by atomic mass is 28.4. The number of hydrogen-bond donors (Lipinski definition) is 0. The van der Waals surface area contributed by atoms with Crippen molar-refractivity contribution in [2.75, 3.05) is 42.0 Å². The summed E-state index contributed by atoms with van der Waals surface area (Å²) in [5.74, 6) is -0.763. The molecule has 26 heavy (non-hydrogen) atoms. The first-order valence-electron chi connectivity index (χ1n) is 8.06. The summed E-state index contributed by atoms with van der Waals surface area (Å²) in [6, 6.07) is 0.611. The summed E-state index contributed by atoms with van der Waals surface area (Å²) in [4.78, 5) is 23.4. The third-order valence-corrected chi connectivity index (χ3v) is 6.15. The average Bonchev–Trinajstić information content (AvgIpc) is 2.62. The molecule has 0 spiro atoms. The number of carbonyl (C=O) groups excluding carboxylic acids is 2. The van der Waals surface area contributed by atoms with Crippen LogP contribution in [0.5, 0.6) is 0 Å².